The molecule has 142 valence electrons. The van der Waals surface area contributed by atoms with Gasteiger partial charge in [-0.25, -0.2) is 4.39 Å². The fourth-order valence-corrected chi connectivity index (χ4v) is 4.20. The Bertz CT molecular complexity index is 903. The molecule has 1 N–H and O–H groups in total. The van der Waals surface area contributed by atoms with E-state index in [-0.39, 0.29) is 30.4 Å². The normalized spacial score (nSPS) is 19.3. The molecule has 0 unspecified atom stereocenters. The monoisotopic (exact) mass is 370 g/mol. The minimum Gasteiger partial charge on any atom is -0.489 e. The van der Waals surface area contributed by atoms with Gasteiger partial charge in [0, 0.05) is 18.1 Å². The van der Waals surface area contributed by atoms with Gasteiger partial charge in [-0.3, -0.25) is 4.79 Å². The molecule has 1 aliphatic heterocycles. The van der Waals surface area contributed by atoms with Crippen molar-refractivity contribution in [3.8, 4) is 11.5 Å². The van der Waals surface area contributed by atoms with Crippen molar-refractivity contribution in [2.24, 2.45) is 0 Å². The Morgan fingerprint density at radius 3 is 2.93 bits per heavy atom. The van der Waals surface area contributed by atoms with Gasteiger partial charge in [-0.05, 0) is 67.5 Å². The van der Waals surface area contributed by atoms with Crippen molar-refractivity contribution in [3.05, 3.63) is 58.4 Å². The topological polar surface area (TPSA) is 55.8 Å². The predicted octanol–water partition coefficient (Wildman–Crippen LogP) is 4.62. The minimum absolute atomic E-state index is 0.0809. The van der Waals surface area contributed by atoms with Gasteiger partial charge >= 0.3 is 5.97 Å². The van der Waals surface area contributed by atoms with E-state index >= 15 is 0 Å². The summed E-state index contributed by atoms with van der Waals surface area (Å²) in [6, 6.07) is 8.77. The third-order valence-electron chi connectivity index (χ3n) is 5.39. The van der Waals surface area contributed by atoms with Crippen LogP contribution in [0.3, 0.4) is 0 Å². The van der Waals surface area contributed by atoms with Crippen LogP contribution in [0, 0.1) is 5.82 Å². The maximum absolute atomic E-state index is 13.9. The van der Waals surface area contributed by atoms with Crippen LogP contribution >= 0.6 is 0 Å². The number of carbonyl (C=O) groups is 1. The molecule has 0 bridgehead atoms. The van der Waals surface area contributed by atoms with Crippen LogP contribution in [0.2, 0.25) is 0 Å². The van der Waals surface area contributed by atoms with E-state index < -0.39 is 5.97 Å². The molecule has 0 saturated carbocycles. The molecular weight excluding hydrogens is 347 g/mol. The molecule has 2 aliphatic rings. The first-order valence-corrected chi connectivity index (χ1v) is 9.28. The summed E-state index contributed by atoms with van der Waals surface area (Å²) in [6.45, 7) is 4.25. The lowest BCUT2D eigenvalue weighted by Gasteiger charge is -2.16. The number of ether oxygens (including phenoxy) is 2. The van der Waals surface area contributed by atoms with E-state index in [1.807, 2.05) is 32.0 Å². The van der Waals surface area contributed by atoms with Crippen LogP contribution in [0.15, 0.2) is 30.3 Å². The largest absolute Gasteiger partial charge is 0.489 e. The molecule has 1 heterocycles. The molecule has 1 atom stereocenters. The molecule has 2 aromatic carbocycles. The lowest BCUT2D eigenvalue weighted by molar-refractivity contribution is -0.137. The fourth-order valence-electron chi connectivity index (χ4n) is 4.20. The Kier molecular flexibility index (Phi) is 4.33. The third kappa shape index (κ3) is 3.64. The highest BCUT2D eigenvalue weighted by Gasteiger charge is 2.32. The highest BCUT2D eigenvalue weighted by atomic mass is 19.1. The van der Waals surface area contributed by atoms with Gasteiger partial charge in [0.15, 0.2) is 0 Å². The standard InChI is InChI=1S/C22H23FO4/c1-22(2)11-19-15(7-16(23)10-20(19)27-22)12-26-17-5-6-18-13(8-17)3-4-14(18)9-21(24)25/h5-8,10,14H,3-4,9,11-12H2,1-2H3,(H,24,25)/t14-/m1/s1. The zero-order chi connectivity index (χ0) is 19.2. The maximum atomic E-state index is 13.9. The molecule has 5 heteroatoms. The summed E-state index contributed by atoms with van der Waals surface area (Å²) < 4.78 is 25.7. The smallest absolute Gasteiger partial charge is 0.303 e. The summed E-state index contributed by atoms with van der Waals surface area (Å²) in [4.78, 5) is 11.0. The second-order valence-corrected chi connectivity index (χ2v) is 8.06. The lowest BCUT2D eigenvalue weighted by Crippen LogP contribution is -2.24. The number of hydrogen-bond acceptors (Lipinski definition) is 3. The van der Waals surface area contributed by atoms with Crippen LogP contribution in [-0.4, -0.2) is 16.7 Å². The number of rotatable bonds is 5. The molecule has 4 rings (SSSR count). The predicted molar refractivity (Wildman–Crippen MR) is 98.9 cm³/mol. The second kappa shape index (κ2) is 6.55. The molecule has 4 nitrogen and oxygen atoms in total. The summed E-state index contributed by atoms with van der Waals surface area (Å²) in [5.74, 6) is 0.316. The van der Waals surface area contributed by atoms with Crippen molar-refractivity contribution < 1.29 is 23.8 Å². The number of carboxylic acids is 1. The summed E-state index contributed by atoms with van der Waals surface area (Å²) in [5.41, 5.74) is 3.72. The summed E-state index contributed by atoms with van der Waals surface area (Å²) in [6.07, 6.45) is 2.61. The third-order valence-corrected chi connectivity index (χ3v) is 5.39. The number of hydrogen-bond donors (Lipinski definition) is 1. The Balaban J connectivity index is 1.50. The Labute approximate surface area is 157 Å². The number of aryl methyl sites for hydroxylation is 1. The molecule has 0 radical (unpaired) electrons. The van der Waals surface area contributed by atoms with Crippen molar-refractivity contribution in [1.82, 2.24) is 0 Å². The summed E-state index contributed by atoms with van der Waals surface area (Å²) in [5, 5.41) is 9.03. The number of fused-ring (bicyclic) bond motifs is 2. The molecule has 1 aliphatic carbocycles. The SMILES string of the molecule is CC1(C)Cc2c(COc3ccc4c(c3)CC[C@@H]4CC(=O)O)cc(F)cc2O1. The first-order chi connectivity index (χ1) is 12.8. The van der Waals surface area contributed by atoms with Crippen LogP contribution in [-0.2, 0) is 24.2 Å². The van der Waals surface area contributed by atoms with Crippen molar-refractivity contribution in [2.45, 2.75) is 57.7 Å². The summed E-state index contributed by atoms with van der Waals surface area (Å²) >= 11 is 0. The van der Waals surface area contributed by atoms with E-state index in [0.29, 0.717) is 5.75 Å². The van der Waals surface area contributed by atoms with Crippen LogP contribution in [0.1, 0.15) is 54.9 Å². The van der Waals surface area contributed by atoms with Gasteiger partial charge in [-0.1, -0.05) is 6.07 Å². The van der Waals surface area contributed by atoms with Gasteiger partial charge in [0.25, 0.3) is 0 Å². The molecule has 0 fully saturated rings. The highest BCUT2D eigenvalue weighted by Crippen LogP contribution is 2.39. The number of carboxylic acid groups (broad SMARTS) is 1. The number of benzene rings is 2. The fraction of sp³-hybridized carbons (Fsp3) is 0.409. The molecule has 2 aromatic rings. The van der Waals surface area contributed by atoms with Gasteiger partial charge in [0.2, 0.25) is 0 Å². The zero-order valence-corrected chi connectivity index (χ0v) is 15.5. The van der Waals surface area contributed by atoms with E-state index in [1.165, 1.54) is 12.1 Å². The molecule has 27 heavy (non-hydrogen) atoms. The van der Waals surface area contributed by atoms with Crippen LogP contribution in [0.25, 0.3) is 0 Å². The van der Waals surface area contributed by atoms with Crippen molar-refractivity contribution >= 4 is 5.97 Å². The lowest BCUT2D eigenvalue weighted by atomic mass is 9.97. The van der Waals surface area contributed by atoms with Crippen LogP contribution in [0.4, 0.5) is 4.39 Å². The van der Waals surface area contributed by atoms with Gasteiger partial charge < -0.3 is 14.6 Å². The van der Waals surface area contributed by atoms with Crippen molar-refractivity contribution in [2.75, 3.05) is 0 Å². The molecule has 0 amide bonds. The number of halogens is 1. The van der Waals surface area contributed by atoms with Crippen LogP contribution < -0.4 is 9.47 Å². The molecule has 0 saturated heterocycles. The minimum atomic E-state index is -0.765. The van der Waals surface area contributed by atoms with Gasteiger partial charge in [0.1, 0.15) is 29.5 Å². The quantitative estimate of drug-likeness (QED) is 0.834. The second-order valence-electron chi connectivity index (χ2n) is 8.06. The average Bonchev–Trinajstić information content (AvgIpc) is 3.11. The molecular formula is C22H23FO4. The molecule has 0 aromatic heterocycles. The Morgan fingerprint density at radius 1 is 1.33 bits per heavy atom. The average molecular weight is 370 g/mol. The van der Waals surface area contributed by atoms with Crippen molar-refractivity contribution in [1.29, 1.82) is 0 Å². The van der Waals surface area contributed by atoms with Crippen LogP contribution in [0.5, 0.6) is 11.5 Å². The maximum Gasteiger partial charge on any atom is 0.303 e. The Hall–Kier alpha value is -2.56. The van der Waals surface area contributed by atoms with Gasteiger partial charge in [-0.15, -0.1) is 0 Å². The highest BCUT2D eigenvalue weighted by molar-refractivity contribution is 5.68. The summed E-state index contributed by atoms with van der Waals surface area (Å²) in [7, 11) is 0. The van der Waals surface area contributed by atoms with E-state index in [9.17, 15) is 9.18 Å². The number of aliphatic carboxylic acids is 1. The van der Waals surface area contributed by atoms with Gasteiger partial charge in [0.05, 0.1) is 6.42 Å². The Morgan fingerprint density at radius 2 is 2.15 bits per heavy atom. The van der Waals surface area contributed by atoms with Crippen molar-refractivity contribution in [3.63, 3.8) is 0 Å². The van der Waals surface area contributed by atoms with E-state index in [4.69, 9.17) is 14.6 Å². The van der Waals surface area contributed by atoms with E-state index in [1.54, 1.807) is 0 Å². The van der Waals surface area contributed by atoms with Gasteiger partial charge in [-0.2, -0.15) is 0 Å². The first kappa shape index (κ1) is 17.8. The van der Waals surface area contributed by atoms with E-state index in [2.05, 4.69) is 0 Å². The molecule has 0 spiro atoms. The van der Waals surface area contributed by atoms with E-state index in [0.717, 1.165) is 47.3 Å². The first-order valence-electron chi connectivity index (χ1n) is 9.28. The zero-order valence-electron chi connectivity index (χ0n) is 15.5.